The molecule has 4 aliphatic rings. The van der Waals surface area contributed by atoms with Crippen molar-refractivity contribution < 1.29 is 38.6 Å². The van der Waals surface area contributed by atoms with Crippen LogP contribution in [0.4, 0.5) is 26.3 Å². The topological polar surface area (TPSA) is 18.5 Å². The molecule has 0 aliphatic carbocycles. The van der Waals surface area contributed by atoms with E-state index in [4.69, 9.17) is 9.47 Å². The Bertz CT molecular complexity index is 2880. The fraction of sp³-hybridized carbons (Fsp3) is 0.0476. The Hall–Kier alpha value is -5.89. The van der Waals surface area contributed by atoms with E-state index < -0.39 is 36.9 Å². The lowest BCUT2D eigenvalue weighted by atomic mass is 9.32. The van der Waals surface area contributed by atoms with Gasteiger partial charge in [0.25, 0.3) is 13.4 Å². The normalized spacial score (nSPS) is 15.1. The van der Waals surface area contributed by atoms with Crippen molar-refractivity contribution in [3.8, 4) is 45.3 Å². The van der Waals surface area contributed by atoms with E-state index in [0.717, 1.165) is 46.1 Å². The monoisotopic (exact) mass is 692 g/mol. The summed E-state index contributed by atoms with van der Waals surface area (Å²) >= 11 is 0. The molecule has 52 heavy (non-hydrogen) atoms. The molecule has 0 saturated carbocycles. The molecule has 2 nitrogen and oxygen atoms in total. The van der Waals surface area contributed by atoms with Crippen LogP contribution in [-0.4, -0.2) is 13.4 Å². The summed E-state index contributed by atoms with van der Waals surface area (Å²) in [5, 5.41) is 3.58. The molecule has 0 unspecified atom stereocenters. The van der Waals surface area contributed by atoms with E-state index in [1.807, 2.05) is 36.4 Å². The van der Waals surface area contributed by atoms with Crippen LogP contribution in [0.25, 0.3) is 54.6 Å². The first-order valence-electron chi connectivity index (χ1n) is 17.7. The van der Waals surface area contributed by atoms with E-state index in [9.17, 15) is 29.1 Å². The average molecular weight is 692 g/mol. The number of halogens is 6. The molecule has 0 fully saturated rings. The van der Waals surface area contributed by atoms with Crippen LogP contribution in [0.1, 0.15) is 13.9 Å². The van der Waals surface area contributed by atoms with Crippen LogP contribution in [0, 0.1) is 0 Å². The average Bonchev–Trinajstić information content (AvgIpc) is 3.14. The number of benzene rings is 8. The molecule has 8 aromatic carbocycles. The van der Waals surface area contributed by atoms with Crippen LogP contribution in [0.3, 0.4) is 0 Å². The first kappa shape index (κ1) is 26.9. The molecule has 4 heterocycles. The van der Waals surface area contributed by atoms with E-state index in [1.54, 1.807) is 36.4 Å². The van der Waals surface area contributed by atoms with Gasteiger partial charge in [-0.3, -0.25) is 0 Å². The Morgan fingerprint density at radius 1 is 0.442 bits per heavy atom. The zero-order valence-corrected chi connectivity index (χ0v) is 26.5. The number of para-hydroxylation sites is 2. The van der Waals surface area contributed by atoms with Crippen molar-refractivity contribution in [2.45, 2.75) is 12.4 Å². The van der Waals surface area contributed by atoms with Gasteiger partial charge in [0, 0.05) is 0 Å². The zero-order chi connectivity index (χ0) is 36.7. The van der Waals surface area contributed by atoms with Crippen molar-refractivity contribution in [3.63, 3.8) is 0 Å². The zero-order valence-electron chi connectivity index (χ0n) is 28.5. The highest BCUT2D eigenvalue weighted by Gasteiger charge is 2.45. The lowest BCUT2D eigenvalue weighted by molar-refractivity contribution is -0.138. The number of hydrogen-bond donors (Lipinski definition) is 0. The van der Waals surface area contributed by atoms with Crippen LogP contribution in [0.15, 0.2) is 109 Å². The molecule has 246 valence electrons. The summed E-state index contributed by atoms with van der Waals surface area (Å²) in [4.78, 5) is 0. The number of alkyl halides is 6. The second-order valence-corrected chi connectivity index (χ2v) is 13.9. The molecule has 10 heteroatoms. The molecular weight excluding hydrogens is 672 g/mol. The van der Waals surface area contributed by atoms with Gasteiger partial charge in [-0.15, -0.1) is 0 Å². The second-order valence-electron chi connectivity index (χ2n) is 13.9. The maximum absolute atomic E-state index is 14.5. The molecule has 0 aromatic heterocycles. The Morgan fingerprint density at radius 2 is 0.865 bits per heavy atom. The molecule has 0 amide bonds. The fourth-order valence-electron chi connectivity index (χ4n) is 9.42. The van der Waals surface area contributed by atoms with Gasteiger partial charge in [0.1, 0.15) is 23.0 Å². The van der Waals surface area contributed by atoms with E-state index in [-0.39, 0.29) is 23.6 Å². The third-order valence-electron chi connectivity index (χ3n) is 11.4. The van der Waals surface area contributed by atoms with Crippen LogP contribution in [0.2, 0.25) is 0 Å². The van der Waals surface area contributed by atoms with Gasteiger partial charge in [-0.25, -0.2) is 0 Å². The lowest BCUT2D eigenvalue weighted by Gasteiger charge is -2.37. The van der Waals surface area contributed by atoms with Gasteiger partial charge in [-0.05, 0) is 113 Å². The summed E-state index contributed by atoms with van der Waals surface area (Å²) in [7, 11) is 0. The van der Waals surface area contributed by atoms with Gasteiger partial charge >= 0.3 is 12.4 Å². The number of hydrogen-bond acceptors (Lipinski definition) is 2. The summed E-state index contributed by atoms with van der Waals surface area (Å²) in [5.74, 6) is 1.00. The Balaban J connectivity index is 1.29. The van der Waals surface area contributed by atoms with Crippen molar-refractivity contribution in [2.75, 3.05) is 0 Å². The lowest BCUT2D eigenvalue weighted by Crippen LogP contribution is -2.58. The number of fused-ring (bicyclic) bond motifs is 8. The molecule has 0 spiro atoms. The Kier molecular flexibility index (Phi) is 4.71. The minimum absolute atomic E-state index is 0.0755. The van der Waals surface area contributed by atoms with Gasteiger partial charge in [-0.2, -0.15) is 26.3 Å². The maximum atomic E-state index is 14.5. The van der Waals surface area contributed by atoms with Crippen LogP contribution in [0.5, 0.6) is 23.0 Å². The highest BCUT2D eigenvalue weighted by atomic mass is 19.4. The summed E-state index contributed by atoms with van der Waals surface area (Å²) in [6, 6.07) is 26.0. The fourth-order valence-corrected chi connectivity index (χ4v) is 9.42. The van der Waals surface area contributed by atoms with Crippen molar-refractivity contribution in [3.05, 3.63) is 120 Å². The Labute approximate surface area is 294 Å². The van der Waals surface area contributed by atoms with Crippen LogP contribution < -0.4 is 42.3 Å². The highest BCUT2D eigenvalue weighted by molar-refractivity contribution is 7.01. The summed E-state index contributed by atoms with van der Waals surface area (Å²) in [6.07, 6.45) is -9.37. The predicted octanol–water partition coefficient (Wildman–Crippen LogP) is 7.83. The molecule has 8 aromatic rings. The molecule has 4 aliphatic heterocycles. The largest absolute Gasteiger partial charge is 0.458 e. The standard InChI is InChI=1S/C42H18B2F6O2/c45-41(46,47)21-15-25-23-11-10-20-14-30-38-24(26-16-22(42(48,49)50)18-34-40(26)44(30)28-6-2-4-8-32(28)52-34)12-9-19-13-29(37(23)35(20)36(19)38)43-27-5-1-3-7-31(27)51-33(17-21)39(25)43/h1-18H/i9D,10D. The molecule has 0 radical (unpaired) electrons. The first-order chi connectivity index (χ1) is 25.9. The molecule has 12 rings (SSSR count). The SMILES string of the molecule is [2H]c1cc2c3c(cc4c([2H])cc5c6c(cc1c3c46)B1c3ccccc3Oc3cc(C(F)(F)F)cc-5c31)B1c3ccccc3Oc3cc(C(F)(F)F)cc-2c31. The minimum atomic E-state index is -4.68. The number of ether oxygens (including phenoxy) is 2. The Morgan fingerprint density at radius 3 is 1.29 bits per heavy atom. The van der Waals surface area contributed by atoms with Gasteiger partial charge in [-0.1, -0.05) is 83.7 Å². The van der Waals surface area contributed by atoms with Crippen molar-refractivity contribution in [1.29, 1.82) is 0 Å². The first-order valence-corrected chi connectivity index (χ1v) is 16.7. The van der Waals surface area contributed by atoms with E-state index in [0.29, 0.717) is 77.0 Å². The summed E-state index contributed by atoms with van der Waals surface area (Å²) < 4.78 is 118. The summed E-state index contributed by atoms with van der Waals surface area (Å²) in [5.41, 5.74) is 3.87. The van der Waals surface area contributed by atoms with Crippen LogP contribution in [-0.2, 0) is 12.4 Å². The van der Waals surface area contributed by atoms with E-state index >= 15 is 0 Å². The van der Waals surface area contributed by atoms with Gasteiger partial charge < -0.3 is 9.47 Å². The number of rotatable bonds is 0. The van der Waals surface area contributed by atoms with Crippen LogP contribution >= 0.6 is 0 Å². The molecule has 0 atom stereocenters. The smallest absolute Gasteiger partial charge is 0.416 e. The van der Waals surface area contributed by atoms with Crippen molar-refractivity contribution in [1.82, 2.24) is 0 Å². The third-order valence-corrected chi connectivity index (χ3v) is 11.4. The van der Waals surface area contributed by atoms with Crippen molar-refractivity contribution in [2.24, 2.45) is 0 Å². The molecular formula is C42H18B2F6O2. The maximum Gasteiger partial charge on any atom is 0.416 e. The van der Waals surface area contributed by atoms with Gasteiger partial charge in [0.05, 0.1) is 13.9 Å². The quantitative estimate of drug-likeness (QED) is 0.0918. The third kappa shape index (κ3) is 3.45. The highest BCUT2D eigenvalue weighted by Crippen LogP contribution is 2.48. The van der Waals surface area contributed by atoms with Gasteiger partial charge in [0.15, 0.2) is 0 Å². The molecule has 0 N–H and O–H groups in total. The van der Waals surface area contributed by atoms with Gasteiger partial charge in [0.2, 0.25) is 0 Å². The van der Waals surface area contributed by atoms with Crippen molar-refractivity contribution >= 4 is 78.5 Å². The van der Waals surface area contributed by atoms with E-state index in [1.165, 1.54) is 0 Å². The molecule has 0 saturated heterocycles. The van der Waals surface area contributed by atoms with E-state index in [2.05, 4.69) is 0 Å². The second kappa shape index (κ2) is 9.12. The minimum Gasteiger partial charge on any atom is -0.458 e. The molecule has 0 bridgehead atoms. The summed E-state index contributed by atoms with van der Waals surface area (Å²) in [6.45, 7) is -1.10. The predicted molar refractivity (Wildman–Crippen MR) is 193 cm³/mol.